The van der Waals surface area contributed by atoms with Gasteiger partial charge in [0.2, 0.25) is 0 Å². The summed E-state index contributed by atoms with van der Waals surface area (Å²) in [7, 11) is 0. The maximum Gasteiger partial charge on any atom is 0.314 e. The Kier molecular flexibility index (Phi) is 0.770. The molecule has 0 amide bonds. The van der Waals surface area contributed by atoms with E-state index >= 15 is 0 Å². The molecule has 1 atom stereocenters. The van der Waals surface area contributed by atoms with Crippen molar-refractivity contribution in [1.29, 1.82) is 0 Å². The van der Waals surface area contributed by atoms with Gasteiger partial charge in [0, 0.05) is 0 Å². The molecule has 48 valence electrons. The molecule has 0 saturated heterocycles. The number of rotatable bonds is 2. The van der Waals surface area contributed by atoms with Gasteiger partial charge in [-0.25, -0.2) is 0 Å². The van der Waals surface area contributed by atoms with Gasteiger partial charge >= 0.3 is 5.97 Å². The summed E-state index contributed by atoms with van der Waals surface area (Å²) in [5.41, 5.74) is 1.18. The molecule has 0 aliphatic heterocycles. The molecule has 2 aliphatic carbocycles. The highest BCUT2D eigenvalue weighted by Crippen LogP contribution is 2.48. The van der Waals surface area contributed by atoms with Crippen LogP contribution in [-0.4, -0.2) is 11.1 Å². The molecule has 1 N–H and O–H groups in total. The summed E-state index contributed by atoms with van der Waals surface area (Å²) >= 11 is 0. The number of hydrogen-bond acceptors (Lipinski definition) is 1. The van der Waals surface area contributed by atoms with Crippen LogP contribution in [0.2, 0.25) is 0 Å². The van der Waals surface area contributed by atoms with Crippen molar-refractivity contribution in [2.75, 3.05) is 0 Å². The Morgan fingerprint density at radius 3 is 2.67 bits per heavy atom. The van der Waals surface area contributed by atoms with Crippen molar-refractivity contribution in [3.05, 3.63) is 11.6 Å². The smallest absolute Gasteiger partial charge is 0.314 e. The molecule has 9 heavy (non-hydrogen) atoms. The van der Waals surface area contributed by atoms with E-state index in [1.165, 1.54) is 18.4 Å². The Hall–Kier alpha value is -0.790. The summed E-state index contributed by atoms with van der Waals surface area (Å²) in [6.45, 7) is 0. The van der Waals surface area contributed by atoms with Crippen LogP contribution in [0.15, 0.2) is 11.6 Å². The zero-order valence-electron chi connectivity index (χ0n) is 5.00. The average Bonchev–Trinajstić information content (AvgIpc) is 2.60. The monoisotopic (exact) mass is 124 g/mol. The van der Waals surface area contributed by atoms with Crippen molar-refractivity contribution in [3.8, 4) is 0 Å². The van der Waals surface area contributed by atoms with Gasteiger partial charge in [0.05, 0.1) is 5.92 Å². The highest BCUT2D eigenvalue weighted by molar-refractivity contribution is 5.81. The molecule has 2 nitrogen and oxygen atoms in total. The fourth-order valence-electron chi connectivity index (χ4n) is 1.16. The minimum Gasteiger partial charge on any atom is -0.481 e. The summed E-state index contributed by atoms with van der Waals surface area (Å²) in [6, 6.07) is 0. The van der Waals surface area contributed by atoms with Crippen LogP contribution in [0.4, 0.5) is 0 Å². The third-order valence-corrected chi connectivity index (χ3v) is 1.92. The molecular formula is C7H8O2. The van der Waals surface area contributed by atoms with Crippen LogP contribution in [0.3, 0.4) is 0 Å². The summed E-state index contributed by atoms with van der Waals surface area (Å²) in [5.74, 6) is -0.180. The third-order valence-electron chi connectivity index (χ3n) is 1.92. The van der Waals surface area contributed by atoms with Crippen LogP contribution in [0.5, 0.6) is 0 Å². The first-order chi connectivity index (χ1) is 4.29. The van der Waals surface area contributed by atoms with Gasteiger partial charge < -0.3 is 5.11 Å². The molecular weight excluding hydrogens is 116 g/mol. The highest BCUT2D eigenvalue weighted by Gasteiger charge is 2.41. The molecule has 0 bridgehead atoms. The van der Waals surface area contributed by atoms with Crippen LogP contribution >= 0.6 is 0 Å². The molecule has 1 unspecified atom stereocenters. The lowest BCUT2D eigenvalue weighted by Gasteiger charge is -1.87. The van der Waals surface area contributed by atoms with Gasteiger partial charge in [0.15, 0.2) is 0 Å². The van der Waals surface area contributed by atoms with E-state index in [2.05, 4.69) is 0 Å². The number of carbonyl (C=O) groups is 1. The van der Waals surface area contributed by atoms with E-state index in [9.17, 15) is 4.79 Å². The molecule has 0 radical (unpaired) electrons. The van der Waals surface area contributed by atoms with Crippen molar-refractivity contribution in [3.63, 3.8) is 0 Å². The van der Waals surface area contributed by atoms with Gasteiger partial charge in [-0.1, -0.05) is 11.6 Å². The first-order valence-corrected chi connectivity index (χ1v) is 3.23. The summed E-state index contributed by atoms with van der Waals surface area (Å²) < 4.78 is 0. The SMILES string of the molecule is O=C(O)C1C=C1C1CC1. The molecule has 0 aromatic rings. The van der Waals surface area contributed by atoms with Gasteiger partial charge in [-0.05, 0) is 18.8 Å². The van der Waals surface area contributed by atoms with Crippen molar-refractivity contribution in [2.45, 2.75) is 12.8 Å². The van der Waals surface area contributed by atoms with Crippen LogP contribution in [-0.2, 0) is 4.79 Å². The lowest BCUT2D eigenvalue weighted by molar-refractivity contribution is -0.137. The Labute approximate surface area is 53.2 Å². The van der Waals surface area contributed by atoms with Crippen LogP contribution < -0.4 is 0 Å². The summed E-state index contributed by atoms with van der Waals surface area (Å²) in [6.07, 6.45) is 4.30. The van der Waals surface area contributed by atoms with Crippen molar-refractivity contribution < 1.29 is 9.90 Å². The van der Waals surface area contributed by atoms with E-state index in [4.69, 9.17) is 5.11 Å². The maximum absolute atomic E-state index is 10.3. The highest BCUT2D eigenvalue weighted by atomic mass is 16.4. The molecule has 2 aliphatic rings. The number of carboxylic acids is 1. The zero-order chi connectivity index (χ0) is 6.43. The van der Waals surface area contributed by atoms with E-state index in [0.717, 1.165) is 0 Å². The Morgan fingerprint density at radius 1 is 1.67 bits per heavy atom. The van der Waals surface area contributed by atoms with Gasteiger partial charge in [-0.15, -0.1) is 0 Å². The van der Waals surface area contributed by atoms with E-state index < -0.39 is 5.97 Å². The van der Waals surface area contributed by atoms with E-state index in [1.54, 1.807) is 0 Å². The normalized spacial score (nSPS) is 31.6. The second kappa shape index (κ2) is 1.38. The molecule has 1 fully saturated rings. The maximum atomic E-state index is 10.3. The Bertz CT molecular complexity index is 189. The molecule has 2 heteroatoms. The molecule has 0 aromatic heterocycles. The van der Waals surface area contributed by atoms with Gasteiger partial charge in [-0.2, -0.15) is 0 Å². The van der Waals surface area contributed by atoms with Crippen molar-refractivity contribution in [2.24, 2.45) is 11.8 Å². The third kappa shape index (κ3) is 0.745. The van der Waals surface area contributed by atoms with Gasteiger partial charge in [0.1, 0.15) is 0 Å². The number of carboxylic acid groups (broad SMARTS) is 1. The van der Waals surface area contributed by atoms with E-state index in [1.807, 2.05) is 6.08 Å². The standard InChI is InChI=1S/C7H8O2/c8-7(9)6-3-5(6)4-1-2-4/h3-4,6H,1-2H2,(H,8,9). The lowest BCUT2D eigenvalue weighted by atomic mass is 10.2. The van der Waals surface area contributed by atoms with Crippen LogP contribution in [0, 0.1) is 11.8 Å². The van der Waals surface area contributed by atoms with Crippen molar-refractivity contribution in [1.82, 2.24) is 0 Å². The Morgan fingerprint density at radius 2 is 2.33 bits per heavy atom. The predicted molar refractivity (Wildman–Crippen MR) is 31.9 cm³/mol. The molecule has 1 saturated carbocycles. The van der Waals surface area contributed by atoms with E-state index in [0.29, 0.717) is 5.92 Å². The predicted octanol–water partition coefficient (Wildman–Crippen LogP) is 1.04. The molecule has 0 spiro atoms. The second-order valence-corrected chi connectivity index (χ2v) is 2.76. The average molecular weight is 124 g/mol. The fourth-order valence-corrected chi connectivity index (χ4v) is 1.16. The van der Waals surface area contributed by atoms with E-state index in [-0.39, 0.29) is 5.92 Å². The fraction of sp³-hybridized carbons (Fsp3) is 0.571. The van der Waals surface area contributed by atoms with Crippen LogP contribution in [0.25, 0.3) is 0 Å². The number of aliphatic carboxylic acids is 1. The second-order valence-electron chi connectivity index (χ2n) is 2.76. The Balaban J connectivity index is 1.92. The minimum absolute atomic E-state index is 0.169. The lowest BCUT2D eigenvalue weighted by Crippen LogP contribution is -2.00. The van der Waals surface area contributed by atoms with Crippen molar-refractivity contribution >= 4 is 5.97 Å². The first kappa shape index (κ1) is 5.03. The van der Waals surface area contributed by atoms with Gasteiger partial charge in [0.25, 0.3) is 0 Å². The molecule has 2 rings (SSSR count). The largest absolute Gasteiger partial charge is 0.481 e. The molecule has 0 aromatic carbocycles. The summed E-state index contributed by atoms with van der Waals surface area (Å²) in [5, 5.41) is 8.45. The van der Waals surface area contributed by atoms with Gasteiger partial charge in [-0.3, -0.25) is 4.79 Å². The topological polar surface area (TPSA) is 37.3 Å². The molecule has 0 heterocycles. The quantitative estimate of drug-likeness (QED) is 0.558. The first-order valence-electron chi connectivity index (χ1n) is 3.23. The minimum atomic E-state index is -0.670. The summed E-state index contributed by atoms with van der Waals surface area (Å²) in [4.78, 5) is 10.3. The number of hydrogen-bond donors (Lipinski definition) is 1. The zero-order valence-corrected chi connectivity index (χ0v) is 5.00. The van der Waals surface area contributed by atoms with Crippen LogP contribution in [0.1, 0.15) is 12.8 Å².